The van der Waals surface area contributed by atoms with Crippen LogP contribution in [-0.4, -0.2) is 19.9 Å². The Morgan fingerprint density at radius 3 is 1.72 bits per heavy atom. The number of fused-ring (bicyclic) bond motifs is 8. The van der Waals surface area contributed by atoms with Crippen LogP contribution >= 0.6 is 0 Å². The van der Waals surface area contributed by atoms with Gasteiger partial charge < -0.3 is 9.97 Å². The van der Waals surface area contributed by atoms with Crippen molar-refractivity contribution in [2.45, 2.75) is 0 Å². The molecule has 0 aliphatic carbocycles. The summed E-state index contributed by atoms with van der Waals surface area (Å²) in [5, 5.41) is 0. The van der Waals surface area contributed by atoms with Crippen LogP contribution in [0.1, 0.15) is 22.8 Å². The molecule has 25 heavy (non-hydrogen) atoms. The fourth-order valence-electron chi connectivity index (χ4n) is 2.98. The van der Waals surface area contributed by atoms with Gasteiger partial charge in [0.2, 0.25) is 0 Å². The maximum Gasteiger partial charge on any atom is 0.148 e. The van der Waals surface area contributed by atoms with Gasteiger partial charge in [-0.15, -0.1) is 0 Å². The van der Waals surface area contributed by atoms with Crippen LogP contribution in [0.3, 0.4) is 0 Å². The average molecular weight is 328 g/mol. The van der Waals surface area contributed by atoms with E-state index in [2.05, 4.69) is 19.9 Å². The van der Waals surface area contributed by atoms with Crippen LogP contribution in [0.4, 0.5) is 4.39 Å². The van der Waals surface area contributed by atoms with Crippen LogP contribution < -0.4 is 0 Å². The third-order valence-corrected chi connectivity index (χ3v) is 4.12. The summed E-state index contributed by atoms with van der Waals surface area (Å²) >= 11 is 0. The molecule has 0 unspecified atom stereocenters. The number of hydrogen-bond acceptors (Lipinski definition) is 2. The smallest absolute Gasteiger partial charge is 0.148 e. The average Bonchev–Trinajstić information content (AvgIpc) is 3.33. The molecule has 0 aromatic carbocycles. The Morgan fingerprint density at radius 2 is 1.12 bits per heavy atom. The highest BCUT2D eigenvalue weighted by Gasteiger charge is 2.04. The molecule has 120 valence electrons. The number of halogens is 1. The van der Waals surface area contributed by atoms with E-state index >= 15 is 0 Å². The molecule has 0 saturated carbocycles. The number of H-pyrrole nitrogens is 2. The molecule has 0 fully saturated rings. The van der Waals surface area contributed by atoms with Gasteiger partial charge in [-0.2, -0.15) is 0 Å². The number of nitrogens with zero attached hydrogens (tertiary/aromatic N) is 2. The minimum atomic E-state index is -0.309. The van der Waals surface area contributed by atoms with Crippen molar-refractivity contribution >= 4 is 46.4 Å². The fraction of sp³-hybridized carbons (Fsp3) is 0. The van der Waals surface area contributed by atoms with Gasteiger partial charge in [0.05, 0.1) is 28.3 Å². The monoisotopic (exact) mass is 328 g/mol. The van der Waals surface area contributed by atoms with E-state index < -0.39 is 0 Å². The van der Waals surface area contributed by atoms with Gasteiger partial charge >= 0.3 is 0 Å². The van der Waals surface area contributed by atoms with Crippen molar-refractivity contribution < 1.29 is 4.39 Å². The van der Waals surface area contributed by atoms with E-state index in [4.69, 9.17) is 0 Å². The largest absolute Gasteiger partial charge is 0.355 e. The Morgan fingerprint density at radius 1 is 0.600 bits per heavy atom. The number of rotatable bonds is 0. The molecule has 5 rings (SSSR count). The van der Waals surface area contributed by atoms with Crippen molar-refractivity contribution in [3.8, 4) is 0 Å². The minimum Gasteiger partial charge on any atom is -0.355 e. The van der Waals surface area contributed by atoms with E-state index in [1.54, 1.807) is 6.07 Å². The summed E-state index contributed by atoms with van der Waals surface area (Å²) in [6.45, 7) is 0. The van der Waals surface area contributed by atoms with Gasteiger partial charge in [-0.1, -0.05) is 0 Å². The molecular formula is C20H13FN4. The highest BCUT2D eigenvalue weighted by molar-refractivity contribution is 5.77. The lowest BCUT2D eigenvalue weighted by Crippen LogP contribution is -1.76. The van der Waals surface area contributed by atoms with Crippen LogP contribution in [0.2, 0.25) is 0 Å². The van der Waals surface area contributed by atoms with Gasteiger partial charge in [-0.25, -0.2) is 14.4 Å². The molecule has 2 aliphatic rings. The summed E-state index contributed by atoms with van der Waals surface area (Å²) in [4.78, 5) is 15.4. The Bertz CT molecular complexity index is 1210. The highest BCUT2D eigenvalue weighted by atomic mass is 19.1. The summed E-state index contributed by atoms with van der Waals surface area (Å²) < 4.78 is 14.2. The molecule has 2 aliphatic heterocycles. The van der Waals surface area contributed by atoms with E-state index in [0.717, 1.165) is 28.1 Å². The number of aromatic amines is 2. The Kier molecular flexibility index (Phi) is 2.94. The topological polar surface area (TPSA) is 57.4 Å². The number of aromatic nitrogens is 4. The van der Waals surface area contributed by atoms with Crippen molar-refractivity contribution in [1.82, 2.24) is 19.9 Å². The van der Waals surface area contributed by atoms with Gasteiger partial charge in [0, 0.05) is 16.6 Å². The molecular weight excluding hydrogens is 315 g/mol. The minimum absolute atomic E-state index is 0.309. The van der Waals surface area contributed by atoms with Crippen molar-refractivity contribution in [2.75, 3.05) is 0 Å². The zero-order valence-corrected chi connectivity index (χ0v) is 13.1. The molecule has 0 atom stereocenters. The number of nitrogens with one attached hydrogen (secondary N) is 2. The summed E-state index contributed by atoms with van der Waals surface area (Å²) in [5.41, 5.74) is 6.14. The van der Waals surface area contributed by atoms with Gasteiger partial charge in [0.25, 0.3) is 0 Å². The summed E-state index contributed by atoms with van der Waals surface area (Å²) in [5.74, 6) is -0.309. The third-order valence-electron chi connectivity index (χ3n) is 4.12. The Balaban J connectivity index is 1.87. The fourth-order valence-corrected chi connectivity index (χ4v) is 2.98. The standard InChI is InChI=1S/C20H13FN4/c21-19-10-18-9-16-4-3-14(23-16)7-12-1-2-13(22-12)8-15-5-6-17(24-15)11-20(19)25-18/h1-11,22,25H. The van der Waals surface area contributed by atoms with Crippen LogP contribution in [0.25, 0.3) is 46.4 Å². The second-order valence-electron chi connectivity index (χ2n) is 6.02. The molecule has 2 N–H and O–H groups in total. The van der Waals surface area contributed by atoms with E-state index in [0.29, 0.717) is 16.7 Å². The van der Waals surface area contributed by atoms with Gasteiger partial charge in [-0.3, -0.25) is 0 Å². The molecule has 0 spiro atoms. The molecule has 4 nitrogen and oxygen atoms in total. The summed E-state index contributed by atoms with van der Waals surface area (Å²) in [6, 6.07) is 12.9. The normalized spacial score (nSPS) is 12.7. The first-order valence-electron chi connectivity index (χ1n) is 7.95. The van der Waals surface area contributed by atoms with Crippen LogP contribution in [-0.2, 0) is 0 Å². The van der Waals surface area contributed by atoms with Gasteiger partial charge in [0.15, 0.2) is 0 Å². The maximum absolute atomic E-state index is 14.2. The molecule has 0 radical (unpaired) electrons. The molecule has 0 amide bonds. The highest BCUT2D eigenvalue weighted by Crippen LogP contribution is 2.18. The van der Waals surface area contributed by atoms with Crippen molar-refractivity contribution in [1.29, 1.82) is 0 Å². The van der Waals surface area contributed by atoms with E-state index in [9.17, 15) is 4.39 Å². The summed E-state index contributed by atoms with van der Waals surface area (Å²) in [6.07, 6.45) is 7.62. The van der Waals surface area contributed by atoms with Crippen molar-refractivity contribution in [3.63, 3.8) is 0 Å². The molecule has 3 aromatic rings. The zero-order chi connectivity index (χ0) is 16.8. The lowest BCUT2D eigenvalue weighted by Gasteiger charge is -1.86. The summed E-state index contributed by atoms with van der Waals surface area (Å²) in [7, 11) is 0. The van der Waals surface area contributed by atoms with Crippen LogP contribution in [0.15, 0.2) is 42.5 Å². The molecule has 3 aromatic heterocycles. The lowest BCUT2D eigenvalue weighted by atomic mass is 10.3. The van der Waals surface area contributed by atoms with Crippen LogP contribution in [0, 0.1) is 5.82 Å². The first-order chi connectivity index (χ1) is 12.2. The number of hydrogen-bond donors (Lipinski definition) is 2. The van der Waals surface area contributed by atoms with Crippen molar-refractivity contribution in [3.05, 3.63) is 71.1 Å². The van der Waals surface area contributed by atoms with E-state index in [1.165, 1.54) is 6.07 Å². The SMILES string of the molecule is Fc1cc2cc3nc(cc4ccc(cc5nc(cc1[nH]2)C=C5)[nH]4)C=C3. The predicted molar refractivity (Wildman–Crippen MR) is 98.8 cm³/mol. The van der Waals surface area contributed by atoms with E-state index in [1.807, 2.05) is 54.6 Å². The first-order valence-corrected chi connectivity index (χ1v) is 7.95. The Hall–Kier alpha value is -3.47. The van der Waals surface area contributed by atoms with Crippen LogP contribution in [0.5, 0.6) is 0 Å². The third kappa shape index (κ3) is 2.65. The van der Waals surface area contributed by atoms with Gasteiger partial charge in [0.1, 0.15) is 5.82 Å². The van der Waals surface area contributed by atoms with E-state index in [-0.39, 0.29) is 5.82 Å². The Labute approximate surface area is 142 Å². The second-order valence-corrected chi connectivity index (χ2v) is 6.02. The lowest BCUT2D eigenvalue weighted by molar-refractivity contribution is 0.641. The zero-order valence-electron chi connectivity index (χ0n) is 13.1. The van der Waals surface area contributed by atoms with Crippen molar-refractivity contribution in [2.24, 2.45) is 0 Å². The van der Waals surface area contributed by atoms with Gasteiger partial charge in [-0.05, 0) is 66.8 Å². The molecule has 5 heteroatoms. The quantitative estimate of drug-likeness (QED) is 0.429. The second kappa shape index (κ2) is 5.27. The molecule has 5 heterocycles. The molecule has 0 saturated heterocycles. The first kappa shape index (κ1) is 13.9. The predicted octanol–water partition coefficient (Wildman–Crippen LogP) is 4.79. The maximum atomic E-state index is 14.2. The molecule has 8 bridgehead atoms.